The van der Waals surface area contributed by atoms with Crippen LogP contribution in [0.4, 0.5) is 13.2 Å². The van der Waals surface area contributed by atoms with Gasteiger partial charge in [-0.3, -0.25) is 0 Å². The van der Waals surface area contributed by atoms with E-state index in [9.17, 15) is 18.0 Å². The van der Waals surface area contributed by atoms with E-state index in [-0.39, 0.29) is 26.7 Å². The van der Waals surface area contributed by atoms with Crippen molar-refractivity contribution in [3.63, 3.8) is 0 Å². The minimum atomic E-state index is -4.47. The molecule has 1 aromatic carbocycles. The first kappa shape index (κ1) is 15.9. The average molecular weight is 338 g/mol. The molecule has 0 bridgehead atoms. The van der Waals surface area contributed by atoms with Crippen molar-refractivity contribution in [2.75, 3.05) is 7.11 Å². The van der Waals surface area contributed by atoms with Gasteiger partial charge in [-0.25, -0.2) is 9.78 Å². The number of rotatable bonds is 2. The van der Waals surface area contributed by atoms with Crippen molar-refractivity contribution in [2.24, 2.45) is 0 Å². The predicted octanol–water partition coefficient (Wildman–Crippen LogP) is 4.43. The Morgan fingerprint density at radius 2 is 2.00 bits per heavy atom. The Bertz CT molecular complexity index is 717. The smallest absolute Gasteiger partial charge is 0.393 e. The summed E-state index contributed by atoms with van der Waals surface area (Å²) in [5, 5.41) is -0.271. The molecule has 3 nitrogen and oxygen atoms in total. The minimum Gasteiger partial charge on any atom is -0.465 e. The van der Waals surface area contributed by atoms with Gasteiger partial charge >= 0.3 is 12.1 Å². The molecule has 0 aliphatic carbocycles. The molecule has 0 aliphatic heterocycles. The van der Waals surface area contributed by atoms with Crippen molar-refractivity contribution in [1.82, 2.24) is 4.98 Å². The number of aromatic nitrogens is 1. The van der Waals surface area contributed by atoms with Gasteiger partial charge in [-0.15, -0.1) is 0 Å². The second-order valence-corrected chi connectivity index (χ2v) is 4.95. The van der Waals surface area contributed by atoms with E-state index in [1.807, 2.05) is 0 Å². The van der Waals surface area contributed by atoms with Crippen LogP contribution in [0.25, 0.3) is 10.9 Å². The molecule has 0 saturated carbocycles. The number of hydrogen-bond donors (Lipinski definition) is 0. The molecule has 0 saturated heterocycles. The monoisotopic (exact) mass is 337 g/mol. The average Bonchev–Trinajstić information content (AvgIpc) is 2.41. The van der Waals surface area contributed by atoms with Crippen LogP contribution in [0.3, 0.4) is 0 Å². The number of fused-ring (bicyclic) bond motifs is 1. The summed E-state index contributed by atoms with van der Waals surface area (Å²) in [6, 6.07) is 4.20. The molecule has 0 aliphatic rings. The first-order valence-electron chi connectivity index (χ1n) is 5.65. The van der Waals surface area contributed by atoms with Crippen LogP contribution in [0.5, 0.6) is 0 Å². The molecule has 1 aromatic heterocycles. The van der Waals surface area contributed by atoms with E-state index in [1.54, 1.807) is 0 Å². The molecule has 0 fully saturated rings. The number of alkyl halides is 3. The fourth-order valence-corrected chi connectivity index (χ4v) is 2.44. The highest BCUT2D eigenvalue weighted by molar-refractivity contribution is 6.39. The van der Waals surface area contributed by atoms with Crippen LogP contribution in [0, 0.1) is 0 Å². The Morgan fingerprint density at radius 1 is 1.33 bits per heavy atom. The molecule has 2 aromatic rings. The van der Waals surface area contributed by atoms with E-state index in [0.717, 1.165) is 0 Å². The molecule has 8 heteroatoms. The standard InChI is InChI=1S/C13H8Cl2F3NO2/c1-21-12(20)6-2-3-9-7(4-6)10(14)8(11(15)19-9)5-13(16,17)18/h2-4H,5H2,1H3. The topological polar surface area (TPSA) is 39.2 Å². The zero-order valence-electron chi connectivity index (χ0n) is 10.6. The molecule has 0 N–H and O–H groups in total. The van der Waals surface area contributed by atoms with Crippen molar-refractivity contribution >= 4 is 40.1 Å². The third-order valence-corrected chi connectivity index (χ3v) is 3.51. The number of esters is 1. The number of benzene rings is 1. The van der Waals surface area contributed by atoms with Crippen LogP contribution in [0.15, 0.2) is 18.2 Å². The summed E-state index contributed by atoms with van der Waals surface area (Å²) in [4.78, 5) is 15.3. The molecule has 0 amide bonds. The summed E-state index contributed by atoms with van der Waals surface area (Å²) in [6.45, 7) is 0. The number of pyridine rings is 1. The zero-order valence-corrected chi connectivity index (χ0v) is 12.1. The van der Waals surface area contributed by atoms with Crippen LogP contribution in [-0.2, 0) is 11.2 Å². The number of carbonyl (C=O) groups excluding carboxylic acids is 1. The third kappa shape index (κ3) is 3.39. The van der Waals surface area contributed by atoms with Crippen molar-refractivity contribution in [2.45, 2.75) is 12.6 Å². The molecule has 0 spiro atoms. The molecule has 0 atom stereocenters. The number of methoxy groups -OCH3 is 1. The van der Waals surface area contributed by atoms with Gasteiger partial charge in [0.25, 0.3) is 0 Å². The van der Waals surface area contributed by atoms with E-state index in [0.29, 0.717) is 5.52 Å². The Labute approximate surface area is 127 Å². The molecule has 2 rings (SSSR count). The molecule has 1 heterocycles. The summed E-state index contributed by atoms with van der Waals surface area (Å²) in [5.74, 6) is -0.625. The fourth-order valence-electron chi connectivity index (χ4n) is 1.83. The van der Waals surface area contributed by atoms with Gasteiger partial charge in [0.05, 0.1) is 29.6 Å². The van der Waals surface area contributed by atoms with Crippen molar-refractivity contribution in [1.29, 1.82) is 0 Å². The second kappa shape index (κ2) is 5.69. The number of nitrogens with zero attached hydrogens (tertiary/aromatic N) is 1. The van der Waals surface area contributed by atoms with E-state index < -0.39 is 18.6 Å². The van der Waals surface area contributed by atoms with Gasteiger partial charge in [-0.05, 0) is 18.2 Å². The number of carbonyl (C=O) groups is 1. The summed E-state index contributed by atoms with van der Waals surface area (Å²) >= 11 is 11.8. The van der Waals surface area contributed by atoms with Gasteiger partial charge in [0, 0.05) is 10.9 Å². The molecular formula is C13H8Cl2F3NO2. The number of ether oxygens (including phenoxy) is 1. The van der Waals surface area contributed by atoms with Gasteiger partial charge in [-0.2, -0.15) is 13.2 Å². The van der Waals surface area contributed by atoms with Gasteiger partial charge in [0.2, 0.25) is 0 Å². The van der Waals surface area contributed by atoms with E-state index in [4.69, 9.17) is 23.2 Å². The Hall–Kier alpha value is -1.53. The molecular weight excluding hydrogens is 330 g/mol. The highest BCUT2D eigenvalue weighted by Gasteiger charge is 2.31. The van der Waals surface area contributed by atoms with Gasteiger partial charge in [0.1, 0.15) is 5.15 Å². The predicted molar refractivity (Wildman–Crippen MR) is 72.9 cm³/mol. The van der Waals surface area contributed by atoms with Crippen LogP contribution in [0.2, 0.25) is 10.2 Å². The summed E-state index contributed by atoms with van der Waals surface area (Å²) < 4.78 is 42.2. The molecule has 21 heavy (non-hydrogen) atoms. The number of halogens is 5. The van der Waals surface area contributed by atoms with E-state index in [2.05, 4.69) is 9.72 Å². The Morgan fingerprint density at radius 3 is 2.57 bits per heavy atom. The van der Waals surface area contributed by atoms with Crippen LogP contribution < -0.4 is 0 Å². The normalized spacial score (nSPS) is 11.7. The van der Waals surface area contributed by atoms with E-state index in [1.165, 1.54) is 25.3 Å². The fraction of sp³-hybridized carbons (Fsp3) is 0.231. The first-order valence-corrected chi connectivity index (χ1v) is 6.41. The van der Waals surface area contributed by atoms with Crippen molar-refractivity contribution in [3.05, 3.63) is 39.5 Å². The lowest BCUT2D eigenvalue weighted by molar-refractivity contribution is -0.127. The quantitative estimate of drug-likeness (QED) is 0.601. The first-order chi connectivity index (χ1) is 9.73. The van der Waals surface area contributed by atoms with Gasteiger partial charge in [-0.1, -0.05) is 23.2 Å². The van der Waals surface area contributed by atoms with Crippen LogP contribution in [0.1, 0.15) is 15.9 Å². The van der Waals surface area contributed by atoms with Gasteiger partial charge < -0.3 is 4.74 Å². The third-order valence-electron chi connectivity index (χ3n) is 2.76. The van der Waals surface area contributed by atoms with Gasteiger partial charge in [0.15, 0.2) is 0 Å². The molecule has 0 unspecified atom stereocenters. The van der Waals surface area contributed by atoms with E-state index >= 15 is 0 Å². The maximum absolute atomic E-state index is 12.5. The maximum Gasteiger partial charge on any atom is 0.393 e. The summed E-state index contributed by atoms with van der Waals surface area (Å²) in [5.41, 5.74) is 0.137. The minimum absolute atomic E-state index is 0.161. The van der Waals surface area contributed by atoms with Crippen molar-refractivity contribution in [3.8, 4) is 0 Å². The lowest BCUT2D eigenvalue weighted by atomic mass is 10.1. The second-order valence-electron chi connectivity index (χ2n) is 4.21. The molecule has 0 radical (unpaired) electrons. The number of hydrogen-bond acceptors (Lipinski definition) is 3. The SMILES string of the molecule is COC(=O)c1ccc2nc(Cl)c(CC(F)(F)F)c(Cl)c2c1. The summed E-state index contributed by atoms with van der Waals surface area (Å²) in [6.07, 6.45) is -5.77. The van der Waals surface area contributed by atoms with Crippen LogP contribution in [-0.4, -0.2) is 24.2 Å². The largest absolute Gasteiger partial charge is 0.465 e. The lowest BCUT2D eigenvalue weighted by Crippen LogP contribution is -2.13. The summed E-state index contributed by atoms with van der Waals surface area (Å²) in [7, 11) is 1.20. The Balaban J connectivity index is 2.64. The van der Waals surface area contributed by atoms with Crippen LogP contribution >= 0.6 is 23.2 Å². The lowest BCUT2D eigenvalue weighted by Gasteiger charge is -2.12. The van der Waals surface area contributed by atoms with Crippen molar-refractivity contribution < 1.29 is 22.7 Å². The maximum atomic E-state index is 12.5. The highest BCUT2D eigenvalue weighted by atomic mass is 35.5. The Kier molecular flexibility index (Phi) is 4.30. The molecule has 112 valence electrons. The highest BCUT2D eigenvalue weighted by Crippen LogP contribution is 2.35. The zero-order chi connectivity index (χ0) is 15.8.